The van der Waals surface area contributed by atoms with Gasteiger partial charge in [0.15, 0.2) is 0 Å². The Labute approximate surface area is 182 Å². The first-order valence-electron chi connectivity index (χ1n) is 12.0. The van der Waals surface area contributed by atoms with Crippen LogP contribution in [0, 0.1) is 22.7 Å². The summed E-state index contributed by atoms with van der Waals surface area (Å²) in [5, 5.41) is 30.8. The van der Waals surface area contributed by atoms with Gasteiger partial charge < -0.3 is 15.3 Å². The van der Waals surface area contributed by atoms with Crippen molar-refractivity contribution in [3.8, 4) is 0 Å². The van der Waals surface area contributed by atoms with Gasteiger partial charge >= 0.3 is 0 Å². The number of hydrogen-bond acceptors (Lipinski definition) is 4. The molecule has 0 amide bonds. The fourth-order valence-corrected chi connectivity index (χ4v) is 4.89. The van der Waals surface area contributed by atoms with Gasteiger partial charge in [-0.3, -0.25) is 4.90 Å². The second-order valence-electron chi connectivity index (χ2n) is 11.3. The molecule has 0 saturated heterocycles. The molecule has 0 aliphatic carbocycles. The van der Waals surface area contributed by atoms with Crippen molar-refractivity contribution in [1.29, 1.82) is 0 Å². The Bertz CT molecular complexity index is 377. The third kappa shape index (κ3) is 14.5. The molecule has 3 N–H and O–H groups in total. The van der Waals surface area contributed by atoms with Gasteiger partial charge in [0.05, 0.1) is 12.2 Å². The molecule has 29 heavy (non-hydrogen) atoms. The van der Waals surface area contributed by atoms with E-state index >= 15 is 0 Å². The van der Waals surface area contributed by atoms with E-state index in [1.54, 1.807) is 0 Å². The van der Waals surface area contributed by atoms with E-state index in [1.165, 1.54) is 12.8 Å². The Hall–Kier alpha value is -0.160. The second-order valence-corrected chi connectivity index (χ2v) is 11.3. The van der Waals surface area contributed by atoms with Crippen molar-refractivity contribution in [2.45, 2.75) is 113 Å². The zero-order valence-corrected chi connectivity index (χ0v) is 20.9. The lowest BCUT2D eigenvalue weighted by molar-refractivity contribution is 0.0266. The molecule has 0 rings (SSSR count). The van der Waals surface area contributed by atoms with Crippen molar-refractivity contribution in [2.75, 3.05) is 26.2 Å². The van der Waals surface area contributed by atoms with Crippen molar-refractivity contribution in [3.05, 3.63) is 0 Å². The average molecular weight is 416 g/mol. The molecule has 4 nitrogen and oxygen atoms in total. The number of aliphatic hydroxyl groups excluding tert-OH is 3. The largest absolute Gasteiger partial charge is 0.396 e. The normalized spacial score (nSPS) is 17.4. The van der Waals surface area contributed by atoms with Crippen LogP contribution in [0.2, 0.25) is 0 Å². The molecule has 0 aromatic carbocycles. The Morgan fingerprint density at radius 1 is 0.724 bits per heavy atom. The number of hydrogen-bond donors (Lipinski definition) is 3. The SMILES string of the molecule is CCC(C)CC(C)(C)CC(O)CN(CCCO)CC(O)CC(C)(C)CC(C)CC. The van der Waals surface area contributed by atoms with Crippen LogP contribution in [0.1, 0.15) is 100 Å². The lowest BCUT2D eigenvalue weighted by Crippen LogP contribution is -2.41. The summed E-state index contributed by atoms with van der Waals surface area (Å²) in [4.78, 5) is 2.14. The molecule has 0 aromatic heterocycles. The number of nitrogens with zero attached hydrogens (tertiary/aromatic N) is 1. The quantitative estimate of drug-likeness (QED) is 0.309. The van der Waals surface area contributed by atoms with Crippen molar-refractivity contribution < 1.29 is 15.3 Å². The van der Waals surface area contributed by atoms with Crippen LogP contribution in [0.3, 0.4) is 0 Å². The maximum absolute atomic E-state index is 10.8. The van der Waals surface area contributed by atoms with Crippen LogP contribution in [0.4, 0.5) is 0 Å². The smallest absolute Gasteiger partial charge is 0.0672 e. The third-order valence-corrected chi connectivity index (χ3v) is 6.34. The van der Waals surface area contributed by atoms with E-state index in [0.717, 1.165) is 25.7 Å². The van der Waals surface area contributed by atoms with Crippen LogP contribution in [0.5, 0.6) is 0 Å². The summed E-state index contributed by atoms with van der Waals surface area (Å²) >= 11 is 0. The molecule has 176 valence electrons. The zero-order chi connectivity index (χ0) is 22.7. The summed E-state index contributed by atoms with van der Waals surface area (Å²) in [5.74, 6) is 1.33. The van der Waals surface area contributed by atoms with Gasteiger partial charge in [-0.2, -0.15) is 0 Å². The molecule has 4 atom stereocenters. The van der Waals surface area contributed by atoms with Crippen LogP contribution in [-0.2, 0) is 0 Å². The van der Waals surface area contributed by atoms with E-state index in [-0.39, 0.29) is 17.4 Å². The molecule has 0 saturated carbocycles. The second kappa shape index (κ2) is 14.0. The molecule has 0 heterocycles. The highest BCUT2D eigenvalue weighted by Gasteiger charge is 2.28. The predicted molar refractivity (Wildman–Crippen MR) is 125 cm³/mol. The van der Waals surface area contributed by atoms with Crippen molar-refractivity contribution in [3.63, 3.8) is 0 Å². The molecule has 0 aliphatic heterocycles. The molecule has 0 radical (unpaired) electrons. The minimum atomic E-state index is -0.409. The molecular weight excluding hydrogens is 362 g/mol. The minimum absolute atomic E-state index is 0.106. The summed E-state index contributed by atoms with van der Waals surface area (Å²) in [7, 11) is 0. The van der Waals surface area contributed by atoms with Gasteiger partial charge in [0, 0.05) is 26.2 Å². The van der Waals surface area contributed by atoms with E-state index < -0.39 is 12.2 Å². The van der Waals surface area contributed by atoms with Crippen LogP contribution in [0.25, 0.3) is 0 Å². The fraction of sp³-hybridized carbons (Fsp3) is 1.00. The monoisotopic (exact) mass is 415 g/mol. The summed E-state index contributed by atoms with van der Waals surface area (Å²) in [6, 6.07) is 0. The molecule has 4 heteroatoms. The van der Waals surface area contributed by atoms with E-state index in [1.807, 2.05) is 0 Å². The molecule has 0 fully saturated rings. The van der Waals surface area contributed by atoms with Crippen LogP contribution in [-0.4, -0.2) is 58.7 Å². The van der Waals surface area contributed by atoms with Crippen molar-refractivity contribution in [2.24, 2.45) is 22.7 Å². The van der Waals surface area contributed by atoms with Crippen molar-refractivity contribution >= 4 is 0 Å². The van der Waals surface area contributed by atoms with Gasteiger partial charge in [-0.25, -0.2) is 0 Å². The summed E-state index contributed by atoms with van der Waals surface area (Å²) < 4.78 is 0. The van der Waals surface area contributed by atoms with Crippen LogP contribution in [0.15, 0.2) is 0 Å². The molecular formula is C25H53NO3. The zero-order valence-electron chi connectivity index (χ0n) is 20.9. The van der Waals surface area contributed by atoms with Gasteiger partial charge in [0.2, 0.25) is 0 Å². The molecule has 0 aromatic rings. The van der Waals surface area contributed by atoms with Gasteiger partial charge in [0.25, 0.3) is 0 Å². The minimum Gasteiger partial charge on any atom is -0.396 e. The molecule has 4 unspecified atom stereocenters. The van der Waals surface area contributed by atoms with Crippen LogP contribution < -0.4 is 0 Å². The fourth-order valence-electron chi connectivity index (χ4n) is 4.89. The lowest BCUT2D eigenvalue weighted by atomic mass is 9.78. The highest BCUT2D eigenvalue weighted by Crippen LogP contribution is 2.33. The summed E-state index contributed by atoms with van der Waals surface area (Å²) in [5.41, 5.74) is 0.211. The van der Waals surface area contributed by atoms with E-state index in [2.05, 4.69) is 60.3 Å². The highest BCUT2D eigenvalue weighted by molar-refractivity contribution is 4.80. The maximum atomic E-state index is 10.8. The van der Waals surface area contributed by atoms with E-state index in [4.69, 9.17) is 0 Å². The topological polar surface area (TPSA) is 63.9 Å². The van der Waals surface area contributed by atoms with E-state index in [0.29, 0.717) is 37.9 Å². The van der Waals surface area contributed by atoms with Crippen molar-refractivity contribution in [1.82, 2.24) is 4.90 Å². The van der Waals surface area contributed by atoms with Gasteiger partial charge in [0.1, 0.15) is 0 Å². The standard InChI is InChI=1S/C25H53NO3/c1-9-20(3)14-24(5,6)16-22(28)18-26(12-11-13-27)19-23(29)17-25(7,8)15-21(4)10-2/h20-23,27-29H,9-19H2,1-8H3. The third-order valence-electron chi connectivity index (χ3n) is 6.34. The average Bonchev–Trinajstić information content (AvgIpc) is 2.57. The Morgan fingerprint density at radius 3 is 1.41 bits per heavy atom. The van der Waals surface area contributed by atoms with Gasteiger partial charge in [-0.1, -0.05) is 68.2 Å². The summed E-state index contributed by atoms with van der Waals surface area (Å²) in [6.07, 6.45) is 5.95. The Balaban J connectivity index is 4.78. The summed E-state index contributed by atoms with van der Waals surface area (Å²) in [6.45, 7) is 19.9. The van der Waals surface area contributed by atoms with Crippen LogP contribution >= 0.6 is 0 Å². The first-order valence-corrected chi connectivity index (χ1v) is 12.0. The Morgan fingerprint density at radius 2 is 1.10 bits per heavy atom. The number of rotatable bonds is 17. The number of aliphatic hydroxyl groups is 3. The molecule has 0 aliphatic rings. The molecule has 0 spiro atoms. The van der Waals surface area contributed by atoms with E-state index in [9.17, 15) is 15.3 Å². The maximum Gasteiger partial charge on any atom is 0.0672 e. The predicted octanol–water partition coefficient (Wildman–Crippen LogP) is 5.10. The van der Waals surface area contributed by atoms with Gasteiger partial charge in [-0.15, -0.1) is 0 Å². The molecule has 0 bridgehead atoms. The lowest BCUT2D eigenvalue weighted by Gasteiger charge is -2.35. The Kier molecular flexibility index (Phi) is 13.9. The van der Waals surface area contributed by atoms with Gasteiger partial charge in [-0.05, 0) is 54.8 Å². The highest BCUT2D eigenvalue weighted by atomic mass is 16.3. The first kappa shape index (κ1) is 28.8. The first-order chi connectivity index (χ1) is 13.3.